The van der Waals surface area contributed by atoms with Gasteiger partial charge < -0.3 is 10.1 Å². The Morgan fingerprint density at radius 1 is 1.18 bits per heavy atom. The number of fused-ring (bicyclic) bond motifs is 1. The lowest BCUT2D eigenvalue weighted by atomic mass is 10.1. The molecule has 1 N–H and O–H groups in total. The molecule has 0 saturated heterocycles. The number of sulfone groups is 1. The van der Waals surface area contributed by atoms with Crippen LogP contribution in [0, 0.1) is 0 Å². The smallest absolute Gasteiger partial charge is 0.341 e. The summed E-state index contributed by atoms with van der Waals surface area (Å²) in [6, 6.07) is 5.83. The number of rotatable bonds is 6. The predicted octanol–water partition coefficient (Wildman–Crippen LogP) is 3.85. The van der Waals surface area contributed by atoms with Crippen LogP contribution >= 0.6 is 11.3 Å². The first kappa shape index (κ1) is 20.5. The molecule has 1 aliphatic carbocycles. The van der Waals surface area contributed by atoms with Crippen LogP contribution in [0.4, 0.5) is 5.00 Å². The van der Waals surface area contributed by atoms with Crippen LogP contribution in [0.15, 0.2) is 29.2 Å². The van der Waals surface area contributed by atoms with Crippen LogP contribution in [0.25, 0.3) is 0 Å². The fourth-order valence-corrected chi connectivity index (χ4v) is 5.49. The van der Waals surface area contributed by atoms with Gasteiger partial charge in [-0.2, -0.15) is 0 Å². The molecule has 0 aliphatic heterocycles. The molecular formula is C20H23NO5S2. The highest BCUT2D eigenvalue weighted by atomic mass is 32.2. The van der Waals surface area contributed by atoms with E-state index in [1.165, 1.54) is 35.6 Å². The van der Waals surface area contributed by atoms with Crippen molar-refractivity contribution in [1.29, 1.82) is 0 Å². The molecule has 1 aromatic heterocycles. The lowest BCUT2D eigenvalue weighted by Crippen LogP contribution is -2.16. The van der Waals surface area contributed by atoms with E-state index in [-0.39, 0.29) is 17.4 Å². The summed E-state index contributed by atoms with van der Waals surface area (Å²) < 4.78 is 29.6. The maximum atomic E-state index is 12.7. The first-order valence-electron chi connectivity index (χ1n) is 9.22. The van der Waals surface area contributed by atoms with Gasteiger partial charge in [-0.15, -0.1) is 11.3 Å². The topological polar surface area (TPSA) is 89.5 Å². The molecule has 0 fully saturated rings. The van der Waals surface area contributed by atoms with Crippen molar-refractivity contribution in [2.45, 2.75) is 50.2 Å². The van der Waals surface area contributed by atoms with Gasteiger partial charge in [0.2, 0.25) is 0 Å². The molecule has 8 heteroatoms. The second-order valence-corrected chi connectivity index (χ2v) is 10.5. The van der Waals surface area contributed by atoms with Crippen LogP contribution in [-0.2, 0) is 27.4 Å². The summed E-state index contributed by atoms with van der Waals surface area (Å²) in [5.74, 6) is -0.811. The number of carbonyl (C=O) groups excluding carboxylic acids is 2. The van der Waals surface area contributed by atoms with Crippen molar-refractivity contribution in [3.05, 3.63) is 45.8 Å². The number of ether oxygens (including phenoxy) is 1. The monoisotopic (exact) mass is 421 g/mol. The SMILES string of the molecule is CCOC(=O)c1c(NC(=O)c2ccc(S(=O)(=O)C(C)C)cc2)sc2c1CCC2. The van der Waals surface area contributed by atoms with E-state index >= 15 is 0 Å². The number of esters is 1. The van der Waals surface area contributed by atoms with E-state index in [9.17, 15) is 18.0 Å². The molecule has 1 aliphatic rings. The minimum Gasteiger partial charge on any atom is -0.462 e. The summed E-state index contributed by atoms with van der Waals surface area (Å²) in [6.45, 7) is 5.24. The van der Waals surface area contributed by atoms with Gasteiger partial charge in [-0.05, 0) is 69.9 Å². The van der Waals surface area contributed by atoms with Crippen LogP contribution in [0.3, 0.4) is 0 Å². The van der Waals surface area contributed by atoms with Gasteiger partial charge in [0.15, 0.2) is 9.84 Å². The zero-order chi connectivity index (χ0) is 20.5. The maximum Gasteiger partial charge on any atom is 0.341 e. The molecule has 2 aromatic rings. The van der Waals surface area contributed by atoms with Gasteiger partial charge in [0.05, 0.1) is 22.3 Å². The summed E-state index contributed by atoms with van der Waals surface area (Å²) in [7, 11) is -3.39. The quantitative estimate of drug-likeness (QED) is 0.716. The molecule has 28 heavy (non-hydrogen) atoms. The van der Waals surface area contributed by atoms with Crippen molar-refractivity contribution >= 4 is 38.1 Å². The van der Waals surface area contributed by atoms with Crippen LogP contribution < -0.4 is 5.32 Å². The Hall–Kier alpha value is -2.19. The van der Waals surface area contributed by atoms with Crippen molar-refractivity contribution < 1.29 is 22.7 Å². The summed E-state index contributed by atoms with van der Waals surface area (Å²) in [5, 5.41) is 2.76. The van der Waals surface area contributed by atoms with Crippen LogP contribution in [0.1, 0.15) is 58.3 Å². The zero-order valence-corrected chi connectivity index (χ0v) is 17.7. The summed E-state index contributed by atoms with van der Waals surface area (Å²) in [5.41, 5.74) is 1.75. The number of hydrogen-bond donors (Lipinski definition) is 1. The maximum absolute atomic E-state index is 12.7. The highest BCUT2D eigenvalue weighted by molar-refractivity contribution is 7.92. The van der Waals surface area contributed by atoms with Crippen molar-refractivity contribution in [3.63, 3.8) is 0 Å². The van der Waals surface area contributed by atoms with Gasteiger partial charge in [0.25, 0.3) is 5.91 Å². The van der Waals surface area contributed by atoms with E-state index in [0.717, 1.165) is 29.7 Å². The lowest BCUT2D eigenvalue weighted by molar-refractivity contribution is 0.0527. The van der Waals surface area contributed by atoms with E-state index in [1.807, 2.05) is 0 Å². The van der Waals surface area contributed by atoms with Gasteiger partial charge in [-0.3, -0.25) is 4.79 Å². The average Bonchev–Trinajstić information content (AvgIpc) is 3.22. The highest BCUT2D eigenvalue weighted by Gasteiger charge is 2.28. The predicted molar refractivity (Wildman–Crippen MR) is 109 cm³/mol. The molecule has 0 radical (unpaired) electrons. The third kappa shape index (κ3) is 3.84. The van der Waals surface area contributed by atoms with E-state index in [2.05, 4.69) is 5.32 Å². The summed E-state index contributed by atoms with van der Waals surface area (Å²) in [4.78, 5) is 26.3. The molecule has 0 spiro atoms. The number of aryl methyl sites for hydroxylation is 1. The van der Waals surface area contributed by atoms with Crippen molar-refractivity contribution in [2.75, 3.05) is 11.9 Å². The average molecular weight is 422 g/mol. The van der Waals surface area contributed by atoms with Crippen LogP contribution in [0.5, 0.6) is 0 Å². The number of thiophene rings is 1. The van der Waals surface area contributed by atoms with E-state index in [1.54, 1.807) is 20.8 Å². The Kier molecular flexibility index (Phi) is 5.90. The Labute approximate surface area is 168 Å². The summed E-state index contributed by atoms with van der Waals surface area (Å²) >= 11 is 1.41. The fraction of sp³-hybridized carbons (Fsp3) is 0.400. The van der Waals surface area contributed by atoms with Gasteiger partial charge in [-0.25, -0.2) is 13.2 Å². The molecule has 0 atom stereocenters. The van der Waals surface area contributed by atoms with Crippen LogP contribution in [0.2, 0.25) is 0 Å². The molecule has 3 rings (SSSR count). The standard InChI is InChI=1S/C20H23NO5S2/c1-4-26-20(23)17-15-6-5-7-16(15)27-19(17)21-18(22)13-8-10-14(11-9-13)28(24,25)12(2)3/h8-12H,4-7H2,1-3H3,(H,21,22). The molecule has 1 amide bonds. The molecule has 0 unspecified atom stereocenters. The van der Waals surface area contributed by atoms with E-state index in [4.69, 9.17) is 4.74 Å². The van der Waals surface area contributed by atoms with Crippen molar-refractivity contribution in [2.24, 2.45) is 0 Å². The zero-order valence-electron chi connectivity index (χ0n) is 16.1. The second kappa shape index (κ2) is 8.05. The number of nitrogens with one attached hydrogen (secondary N) is 1. The molecule has 0 saturated carbocycles. The largest absolute Gasteiger partial charge is 0.462 e. The first-order valence-corrected chi connectivity index (χ1v) is 11.6. The van der Waals surface area contributed by atoms with Gasteiger partial charge >= 0.3 is 5.97 Å². The number of hydrogen-bond acceptors (Lipinski definition) is 6. The first-order chi connectivity index (χ1) is 13.3. The second-order valence-electron chi connectivity index (χ2n) is 6.85. The molecule has 1 heterocycles. The third-order valence-corrected chi connectivity index (χ3v) is 8.07. The molecular weight excluding hydrogens is 398 g/mol. The number of carbonyl (C=O) groups is 2. The molecule has 150 valence electrons. The molecule has 6 nitrogen and oxygen atoms in total. The van der Waals surface area contributed by atoms with Gasteiger partial charge in [0, 0.05) is 10.4 Å². The minimum atomic E-state index is -3.39. The normalized spacial score (nSPS) is 13.4. The fourth-order valence-electron chi connectivity index (χ4n) is 3.15. The minimum absolute atomic E-state index is 0.182. The Balaban J connectivity index is 1.85. The molecule has 1 aromatic carbocycles. The van der Waals surface area contributed by atoms with Crippen molar-refractivity contribution in [1.82, 2.24) is 0 Å². The lowest BCUT2D eigenvalue weighted by Gasteiger charge is -2.10. The molecule has 0 bridgehead atoms. The summed E-state index contributed by atoms with van der Waals surface area (Å²) in [6.07, 6.45) is 2.69. The number of anilines is 1. The Bertz CT molecular complexity index is 1000. The van der Waals surface area contributed by atoms with E-state index < -0.39 is 21.1 Å². The highest BCUT2D eigenvalue weighted by Crippen LogP contribution is 2.39. The van der Waals surface area contributed by atoms with E-state index in [0.29, 0.717) is 16.1 Å². The van der Waals surface area contributed by atoms with Gasteiger partial charge in [-0.1, -0.05) is 0 Å². The number of amides is 1. The third-order valence-electron chi connectivity index (χ3n) is 4.69. The van der Waals surface area contributed by atoms with Crippen molar-refractivity contribution in [3.8, 4) is 0 Å². The Morgan fingerprint density at radius 2 is 1.86 bits per heavy atom. The van der Waals surface area contributed by atoms with Gasteiger partial charge in [0.1, 0.15) is 5.00 Å². The Morgan fingerprint density at radius 3 is 2.46 bits per heavy atom. The van der Waals surface area contributed by atoms with Crippen LogP contribution in [-0.4, -0.2) is 32.2 Å². The number of benzene rings is 1.